The van der Waals surface area contributed by atoms with Crippen LogP contribution in [0, 0.1) is 6.92 Å². The number of nitrogens with zero attached hydrogens (tertiary/aromatic N) is 1. The van der Waals surface area contributed by atoms with Gasteiger partial charge in [0, 0.05) is 33.8 Å². The highest BCUT2D eigenvalue weighted by Gasteiger charge is 2.19. The molecule has 0 aliphatic carbocycles. The first-order valence-corrected chi connectivity index (χ1v) is 11.5. The molecule has 1 saturated heterocycles. The van der Waals surface area contributed by atoms with Crippen LogP contribution in [0.1, 0.15) is 12.5 Å². The van der Waals surface area contributed by atoms with Crippen LogP contribution in [0.25, 0.3) is 0 Å². The number of anilines is 2. The van der Waals surface area contributed by atoms with E-state index in [9.17, 15) is 9.59 Å². The van der Waals surface area contributed by atoms with Gasteiger partial charge in [-0.25, -0.2) is 0 Å². The molecule has 0 saturated carbocycles. The van der Waals surface area contributed by atoms with Gasteiger partial charge >= 0.3 is 5.97 Å². The molecule has 0 radical (unpaired) electrons. The van der Waals surface area contributed by atoms with Gasteiger partial charge in [-0.2, -0.15) is 0 Å². The fourth-order valence-corrected chi connectivity index (χ4v) is 4.28. The monoisotopic (exact) mass is 492 g/mol. The summed E-state index contributed by atoms with van der Waals surface area (Å²) >= 11 is 4.82. The third-order valence-corrected chi connectivity index (χ3v) is 6.31. The minimum absolute atomic E-state index is 0.147. The van der Waals surface area contributed by atoms with Crippen molar-refractivity contribution in [2.75, 3.05) is 42.3 Å². The number of aryl methyl sites for hydroxylation is 1. The molecule has 1 N–H and O–H groups in total. The van der Waals surface area contributed by atoms with Crippen molar-refractivity contribution >= 4 is 50.9 Å². The minimum atomic E-state index is -0.872. The lowest BCUT2D eigenvalue weighted by Gasteiger charge is -2.28. The highest BCUT2D eigenvalue weighted by atomic mass is 79.9. The average Bonchev–Trinajstić information content (AvgIpc) is 2.74. The van der Waals surface area contributed by atoms with Crippen LogP contribution in [0.2, 0.25) is 0 Å². The predicted molar refractivity (Wildman–Crippen MR) is 123 cm³/mol. The Hall–Kier alpha value is -2.03. The smallest absolute Gasteiger partial charge is 0.317 e. The molecule has 3 rings (SSSR count). The van der Waals surface area contributed by atoms with E-state index in [-0.39, 0.29) is 11.7 Å². The number of thioether (sulfide) groups is 1. The second kappa shape index (κ2) is 10.8. The van der Waals surface area contributed by atoms with E-state index in [1.54, 1.807) is 6.92 Å². The highest BCUT2D eigenvalue weighted by Crippen LogP contribution is 2.25. The molecule has 30 heavy (non-hydrogen) atoms. The van der Waals surface area contributed by atoms with Crippen molar-refractivity contribution in [3.8, 4) is 0 Å². The summed E-state index contributed by atoms with van der Waals surface area (Å²) in [4.78, 5) is 27.8. The first-order valence-electron chi connectivity index (χ1n) is 9.74. The number of amides is 1. The zero-order chi connectivity index (χ0) is 21.5. The summed E-state index contributed by atoms with van der Waals surface area (Å²) in [7, 11) is 0. The number of carbonyl (C=O) groups is 2. The lowest BCUT2D eigenvalue weighted by Crippen LogP contribution is -2.36. The van der Waals surface area contributed by atoms with Crippen LogP contribution in [0.15, 0.2) is 51.8 Å². The second-order valence-electron chi connectivity index (χ2n) is 6.97. The predicted octanol–water partition coefficient (Wildman–Crippen LogP) is 4.26. The summed E-state index contributed by atoms with van der Waals surface area (Å²) < 4.78 is 11.6. The van der Waals surface area contributed by atoms with Gasteiger partial charge in [-0.3, -0.25) is 9.59 Å². The normalized spacial score (nSPS) is 14.8. The molecule has 1 amide bonds. The third kappa shape index (κ3) is 6.48. The largest absolute Gasteiger partial charge is 0.452 e. The van der Waals surface area contributed by atoms with Crippen LogP contribution in [0.3, 0.4) is 0 Å². The van der Waals surface area contributed by atoms with Crippen LogP contribution < -0.4 is 10.2 Å². The average molecular weight is 493 g/mol. The molecule has 1 fully saturated rings. The Balaban J connectivity index is 1.46. The summed E-state index contributed by atoms with van der Waals surface area (Å²) in [6.07, 6.45) is -0.872. The number of rotatable bonds is 7. The Labute approximate surface area is 189 Å². The SMILES string of the molecule is Cc1cc(Br)ccc1SCC(=O)OC(C)C(=O)Nc1ccc(N2CCOCC2)cc1. The molecule has 8 heteroatoms. The molecule has 0 spiro atoms. The van der Waals surface area contributed by atoms with Gasteiger partial charge in [0.25, 0.3) is 5.91 Å². The lowest BCUT2D eigenvalue weighted by molar-refractivity contribution is -0.150. The standard InChI is InChI=1S/C22H25BrN2O4S/c1-15-13-17(23)3-8-20(15)30-14-21(26)29-16(2)22(27)24-18-4-6-19(7-5-18)25-9-11-28-12-10-25/h3-8,13,16H,9-12,14H2,1-2H3,(H,24,27). The molecular weight excluding hydrogens is 468 g/mol. The van der Waals surface area contributed by atoms with E-state index in [2.05, 4.69) is 26.1 Å². The molecule has 0 bridgehead atoms. The molecule has 6 nitrogen and oxygen atoms in total. The van der Waals surface area contributed by atoms with Crippen molar-refractivity contribution in [3.63, 3.8) is 0 Å². The summed E-state index contributed by atoms with van der Waals surface area (Å²) in [6, 6.07) is 13.5. The maximum absolute atomic E-state index is 12.4. The number of halogens is 1. The van der Waals surface area contributed by atoms with Gasteiger partial charge in [0.1, 0.15) is 0 Å². The van der Waals surface area contributed by atoms with Crippen molar-refractivity contribution in [2.24, 2.45) is 0 Å². The Bertz CT molecular complexity index is 885. The number of ether oxygens (including phenoxy) is 2. The topological polar surface area (TPSA) is 67.9 Å². The first kappa shape index (κ1) is 22.7. The van der Waals surface area contributed by atoms with Gasteiger partial charge in [0.15, 0.2) is 6.10 Å². The molecule has 1 heterocycles. The summed E-state index contributed by atoms with van der Waals surface area (Å²) in [5.74, 6) is -0.631. The van der Waals surface area contributed by atoms with E-state index >= 15 is 0 Å². The zero-order valence-corrected chi connectivity index (χ0v) is 19.4. The van der Waals surface area contributed by atoms with E-state index in [4.69, 9.17) is 9.47 Å². The summed E-state index contributed by atoms with van der Waals surface area (Å²) in [5.41, 5.74) is 2.84. The van der Waals surface area contributed by atoms with Crippen LogP contribution in [0.5, 0.6) is 0 Å². The molecule has 1 atom stereocenters. The van der Waals surface area contributed by atoms with Crippen LogP contribution in [-0.2, 0) is 19.1 Å². The van der Waals surface area contributed by atoms with Gasteiger partial charge in [-0.05, 0) is 61.9 Å². The van der Waals surface area contributed by atoms with E-state index in [1.165, 1.54) is 11.8 Å². The first-order chi connectivity index (χ1) is 14.4. The lowest BCUT2D eigenvalue weighted by atomic mass is 10.2. The van der Waals surface area contributed by atoms with Gasteiger partial charge in [-0.15, -0.1) is 11.8 Å². The van der Waals surface area contributed by atoms with E-state index in [0.29, 0.717) is 5.69 Å². The Morgan fingerprint density at radius 3 is 2.57 bits per heavy atom. The highest BCUT2D eigenvalue weighted by molar-refractivity contribution is 9.10. The fourth-order valence-electron chi connectivity index (χ4n) is 3.02. The van der Waals surface area contributed by atoms with Crippen LogP contribution in [-0.4, -0.2) is 50.0 Å². The maximum Gasteiger partial charge on any atom is 0.317 e. The molecule has 160 valence electrons. The number of benzene rings is 2. The van der Waals surface area contributed by atoms with E-state index < -0.39 is 12.1 Å². The number of esters is 1. The Morgan fingerprint density at radius 2 is 1.90 bits per heavy atom. The van der Waals surface area contributed by atoms with Gasteiger partial charge in [-0.1, -0.05) is 15.9 Å². The fraction of sp³-hybridized carbons (Fsp3) is 0.364. The van der Waals surface area contributed by atoms with Crippen LogP contribution in [0.4, 0.5) is 11.4 Å². The molecule has 2 aromatic carbocycles. The maximum atomic E-state index is 12.4. The number of nitrogens with one attached hydrogen (secondary N) is 1. The molecule has 1 aliphatic rings. The van der Waals surface area contributed by atoms with Crippen molar-refractivity contribution < 1.29 is 19.1 Å². The molecule has 0 aromatic heterocycles. The van der Waals surface area contributed by atoms with Crippen molar-refractivity contribution in [3.05, 3.63) is 52.5 Å². The van der Waals surface area contributed by atoms with Crippen molar-refractivity contribution in [1.82, 2.24) is 0 Å². The third-order valence-electron chi connectivity index (χ3n) is 4.67. The number of hydrogen-bond acceptors (Lipinski definition) is 6. The molecule has 1 unspecified atom stereocenters. The molecular formula is C22H25BrN2O4S. The minimum Gasteiger partial charge on any atom is -0.452 e. The number of carbonyl (C=O) groups excluding carboxylic acids is 2. The van der Waals surface area contributed by atoms with Crippen molar-refractivity contribution in [2.45, 2.75) is 24.8 Å². The Morgan fingerprint density at radius 1 is 1.20 bits per heavy atom. The number of morpholine rings is 1. The van der Waals surface area contributed by atoms with Gasteiger partial charge in [0.2, 0.25) is 0 Å². The summed E-state index contributed by atoms with van der Waals surface area (Å²) in [5, 5.41) is 2.79. The number of hydrogen-bond donors (Lipinski definition) is 1. The van der Waals surface area contributed by atoms with Gasteiger partial charge in [0.05, 0.1) is 19.0 Å². The molecule has 1 aliphatic heterocycles. The van der Waals surface area contributed by atoms with Gasteiger partial charge < -0.3 is 19.7 Å². The van der Waals surface area contributed by atoms with E-state index in [1.807, 2.05) is 49.4 Å². The quantitative estimate of drug-likeness (QED) is 0.460. The summed E-state index contributed by atoms with van der Waals surface area (Å²) in [6.45, 7) is 6.72. The zero-order valence-electron chi connectivity index (χ0n) is 17.0. The Kier molecular flexibility index (Phi) is 8.18. The second-order valence-corrected chi connectivity index (χ2v) is 8.90. The van der Waals surface area contributed by atoms with E-state index in [0.717, 1.165) is 46.9 Å². The van der Waals surface area contributed by atoms with Crippen LogP contribution >= 0.6 is 27.7 Å². The van der Waals surface area contributed by atoms with Crippen molar-refractivity contribution in [1.29, 1.82) is 0 Å². The molecule has 2 aromatic rings.